The Bertz CT molecular complexity index is 527. The van der Waals surface area contributed by atoms with Gasteiger partial charge in [0.2, 0.25) is 0 Å². The molecule has 0 saturated carbocycles. The Labute approximate surface area is 120 Å². The van der Waals surface area contributed by atoms with E-state index in [9.17, 15) is 0 Å². The van der Waals surface area contributed by atoms with Crippen molar-refractivity contribution in [3.63, 3.8) is 0 Å². The molecule has 0 radical (unpaired) electrons. The van der Waals surface area contributed by atoms with E-state index in [2.05, 4.69) is 24.3 Å². The first-order valence-corrected chi connectivity index (χ1v) is 6.74. The molecule has 4 nitrogen and oxygen atoms in total. The predicted octanol–water partition coefficient (Wildman–Crippen LogP) is 1.87. The molecular weight excluding hydrogens is 248 g/mol. The van der Waals surface area contributed by atoms with Crippen LogP contribution in [-0.2, 0) is 19.6 Å². The van der Waals surface area contributed by atoms with Crippen LogP contribution in [0.1, 0.15) is 16.7 Å². The summed E-state index contributed by atoms with van der Waals surface area (Å²) >= 11 is 0. The molecule has 4 N–H and O–H groups in total. The molecule has 0 fully saturated rings. The fourth-order valence-electron chi connectivity index (χ4n) is 2.10. The Morgan fingerprint density at radius 3 is 2.20 bits per heavy atom. The third-order valence-electron chi connectivity index (χ3n) is 3.26. The van der Waals surface area contributed by atoms with Crippen LogP contribution < -0.4 is 11.6 Å². The van der Waals surface area contributed by atoms with Crippen molar-refractivity contribution in [3.05, 3.63) is 71.3 Å². The maximum absolute atomic E-state index is 6.12. The zero-order valence-electron chi connectivity index (χ0n) is 11.9. The summed E-state index contributed by atoms with van der Waals surface area (Å²) in [7, 11) is 1.99. The molecule has 0 spiro atoms. The summed E-state index contributed by atoms with van der Waals surface area (Å²) in [6, 6.07) is 18.5. The summed E-state index contributed by atoms with van der Waals surface area (Å²) in [6.07, 6.45) is 0. The van der Waals surface area contributed by atoms with Gasteiger partial charge in [-0.3, -0.25) is 5.84 Å². The second-order valence-corrected chi connectivity index (χ2v) is 4.92. The van der Waals surface area contributed by atoms with Crippen LogP contribution in [-0.4, -0.2) is 17.2 Å². The van der Waals surface area contributed by atoms with Gasteiger partial charge in [0, 0.05) is 20.1 Å². The Hall–Kier alpha value is -1.72. The highest BCUT2D eigenvalue weighted by Gasteiger charge is 2.08. The number of hydrogen-bond donors (Lipinski definition) is 2. The van der Waals surface area contributed by atoms with Crippen molar-refractivity contribution in [2.75, 3.05) is 7.05 Å². The van der Waals surface area contributed by atoms with Gasteiger partial charge >= 0.3 is 0 Å². The summed E-state index contributed by atoms with van der Waals surface area (Å²) in [5.41, 5.74) is 9.18. The molecule has 2 rings (SSSR count). The predicted molar refractivity (Wildman–Crippen MR) is 82.0 cm³/mol. The zero-order chi connectivity index (χ0) is 14.4. The van der Waals surface area contributed by atoms with E-state index in [-0.39, 0.29) is 0 Å². The van der Waals surface area contributed by atoms with E-state index in [1.54, 1.807) is 5.12 Å². The molecule has 2 aromatic rings. The van der Waals surface area contributed by atoms with E-state index in [0.717, 1.165) is 17.7 Å². The van der Waals surface area contributed by atoms with E-state index >= 15 is 0 Å². The molecule has 0 bridgehead atoms. The fraction of sp³-hybridized carbons (Fsp3) is 0.250. The average molecular weight is 270 g/mol. The number of hydrogen-bond acceptors (Lipinski definition) is 4. The molecule has 0 aliphatic heterocycles. The highest BCUT2D eigenvalue weighted by atomic mass is 15.7. The zero-order valence-corrected chi connectivity index (χ0v) is 11.9. The molecule has 2 aromatic carbocycles. The van der Waals surface area contributed by atoms with Crippen molar-refractivity contribution in [3.8, 4) is 0 Å². The van der Waals surface area contributed by atoms with Crippen LogP contribution in [0.3, 0.4) is 0 Å². The van der Waals surface area contributed by atoms with Crippen LogP contribution in [0.4, 0.5) is 0 Å². The van der Waals surface area contributed by atoms with Crippen molar-refractivity contribution < 1.29 is 0 Å². The first-order valence-electron chi connectivity index (χ1n) is 6.74. The van der Waals surface area contributed by atoms with Crippen molar-refractivity contribution in [1.82, 2.24) is 10.1 Å². The number of nitrogens with two attached hydrogens (primary N) is 2. The van der Waals surface area contributed by atoms with Crippen LogP contribution >= 0.6 is 0 Å². The minimum atomic E-state index is 0.554. The van der Waals surface area contributed by atoms with Crippen LogP contribution in [0, 0.1) is 0 Å². The minimum absolute atomic E-state index is 0.554. The molecule has 106 valence electrons. The van der Waals surface area contributed by atoms with Crippen molar-refractivity contribution in [2.24, 2.45) is 11.6 Å². The normalized spacial score (nSPS) is 11.2. The molecule has 0 atom stereocenters. The number of hydrazine groups is 2. The van der Waals surface area contributed by atoms with E-state index < -0.39 is 0 Å². The molecule has 0 aromatic heterocycles. The van der Waals surface area contributed by atoms with E-state index in [4.69, 9.17) is 11.6 Å². The van der Waals surface area contributed by atoms with Crippen LogP contribution in [0.25, 0.3) is 0 Å². The van der Waals surface area contributed by atoms with E-state index in [1.807, 2.05) is 42.4 Å². The highest BCUT2D eigenvalue weighted by Crippen LogP contribution is 2.09. The summed E-state index contributed by atoms with van der Waals surface area (Å²) in [4.78, 5) is 0. The van der Waals surface area contributed by atoms with Crippen molar-refractivity contribution in [1.29, 1.82) is 0 Å². The monoisotopic (exact) mass is 270 g/mol. The Balaban J connectivity index is 1.95. The molecule has 0 saturated heterocycles. The first-order chi connectivity index (χ1) is 9.69. The Kier molecular flexibility index (Phi) is 5.26. The molecule has 0 amide bonds. The van der Waals surface area contributed by atoms with Gasteiger partial charge in [0.25, 0.3) is 0 Å². The quantitative estimate of drug-likeness (QED) is 0.621. The third kappa shape index (κ3) is 4.15. The lowest BCUT2D eigenvalue weighted by molar-refractivity contribution is -0.0180. The van der Waals surface area contributed by atoms with Crippen LogP contribution in [0.5, 0.6) is 0 Å². The highest BCUT2D eigenvalue weighted by molar-refractivity contribution is 5.23. The van der Waals surface area contributed by atoms with Gasteiger partial charge in [-0.15, -0.1) is 0 Å². The lowest BCUT2D eigenvalue weighted by atomic mass is 10.1. The topological polar surface area (TPSA) is 58.5 Å². The molecule has 20 heavy (non-hydrogen) atoms. The largest absolute Gasteiger partial charge is 0.326 e. The smallest absolute Gasteiger partial charge is 0.0538 e. The maximum Gasteiger partial charge on any atom is 0.0538 e. The van der Waals surface area contributed by atoms with E-state index in [0.29, 0.717) is 13.1 Å². The summed E-state index contributed by atoms with van der Waals surface area (Å²) in [5.74, 6) is 6.12. The number of rotatable bonds is 6. The summed E-state index contributed by atoms with van der Waals surface area (Å²) in [6.45, 7) is 2.00. The van der Waals surface area contributed by atoms with Crippen molar-refractivity contribution in [2.45, 2.75) is 19.6 Å². The standard InChI is InChI=1S/C16H22N4/c1-19(12-14-6-3-2-4-7-14)20(18)13-16-9-5-8-15(10-16)11-17/h2-10H,11-13,17-18H2,1H3. The molecule has 0 aliphatic rings. The first kappa shape index (κ1) is 14.7. The minimum Gasteiger partial charge on any atom is -0.326 e. The third-order valence-corrected chi connectivity index (χ3v) is 3.26. The number of benzene rings is 2. The molecule has 4 heteroatoms. The van der Waals surface area contributed by atoms with Gasteiger partial charge in [-0.2, -0.15) is 5.12 Å². The van der Waals surface area contributed by atoms with Gasteiger partial charge in [-0.05, 0) is 16.7 Å². The van der Waals surface area contributed by atoms with Gasteiger partial charge < -0.3 is 5.73 Å². The lowest BCUT2D eigenvalue weighted by Crippen LogP contribution is -2.44. The SMILES string of the molecule is CN(Cc1ccccc1)N(N)Cc1cccc(CN)c1. The van der Waals surface area contributed by atoms with Crippen LogP contribution in [0.15, 0.2) is 54.6 Å². The molecular formula is C16H22N4. The maximum atomic E-state index is 6.12. The summed E-state index contributed by atoms with van der Waals surface area (Å²) in [5, 5.41) is 3.73. The number of nitrogens with zero attached hydrogens (tertiary/aromatic N) is 2. The lowest BCUT2D eigenvalue weighted by Gasteiger charge is -2.27. The van der Waals surface area contributed by atoms with Gasteiger partial charge in [-0.25, -0.2) is 5.01 Å². The Morgan fingerprint density at radius 2 is 1.50 bits per heavy atom. The summed E-state index contributed by atoms with van der Waals surface area (Å²) < 4.78 is 0. The Morgan fingerprint density at radius 1 is 0.850 bits per heavy atom. The van der Waals surface area contributed by atoms with Crippen LogP contribution in [0.2, 0.25) is 0 Å². The van der Waals surface area contributed by atoms with Gasteiger partial charge in [0.05, 0.1) is 6.54 Å². The van der Waals surface area contributed by atoms with Gasteiger partial charge in [-0.1, -0.05) is 54.6 Å². The van der Waals surface area contributed by atoms with Crippen molar-refractivity contribution >= 4 is 0 Å². The molecule has 0 unspecified atom stereocenters. The molecule has 0 heterocycles. The second-order valence-electron chi connectivity index (χ2n) is 4.92. The fourth-order valence-corrected chi connectivity index (χ4v) is 2.10. The van der Waals surface area contributed by atoms with E-state index in [1.165, 1.54) is 5.56 Å². The second kappa shape index (κ2) is 7.17. The van der Waals surface area contributed by atoms with Gasteiger partial charge in [0.15, 0.2) is 0 Å². The van der Waals surface area contributed by atoms with Gasteiger partial charge in [0.1, 0.15) is 0 Å². The average Bonchev–Trinajstić information content (AvgIpc) is 2.48. The molecule has 0 aliphatic carbocycles.